The largest absolute Gasteiger partial charge is 0.280 e. The summed E-state index contributed by atoms with van der Waals surface area (Å²) in [5, 5.41) is 7.77. The molecule has 0 aliphatic rings. The van der Waals surface area contributed by atoms with Gasteiger partial charge in [0.2, 0.25) is 10.0 Å². The topological polar surface area (TPSA) is 70.0 Å². The fourth-order valence-corrected chi connectivity index (χ4v) is 4.49. The second-order valence-electron chi connectivity index (χ2n) is 3.78. The van der Waals surface area contributed by atoms with Gasteiger partial charge in [-0.2, -0.15) is 5.26 Å². The predicted octanol–water partition coefficient (Wildman–Crippen LogP) is 3.56. The lowest BCUT2D eigenvalue weighted by Crippen LogP contribution is -2.26. The Hall–Kier alpha value is -0.580. The highest BCUT2D eigenvalue weighted by Crippen LogP contribution is 2.33. The first-order valence-corrected chi connectivity index (χ1v) is 8.32. The van der Waals surface area contributed by atoms with Gasteiger partial charge in [-0.25, -0.2) is 8.42 Å². The van der Waals surface area contributed by atoms with Gasteiger partial charge < -0.3 is 0 Å². The van der Waals surface area contributed by atoms with Crippen LogP contribution in [-0.4, -0.2) is 13.7 Å². The number of hydrogen-bond donors (Lipinski definition) is 1. The monoisotopic (exact) mass is 394 g/mol. The standard InChI is InChI=1S/C11H12Br2N2O2S/c1-3-8(6-14)18(16,17)15-11-9(12)4-7(2)5-10(11)13/h4-5,8,15H,3H2,1-2H3. The van der Waals surface area contributed by atoms with Crippen molar-refractivity contribution in [3.05, 3.63) is 26.6 Å². The van der Waals surface area contributed by atoms with Gasteiger partial charge in [0.1, 0.15) is 0 Å². The number of nitriles is 1. The quantitative estimate of drug-likeness (QED) is 0.847. The summed E-state index contributed by atoms with van der Waals surface area (Å²) < 4.78 is 27.7. The van der Waals surface area contributed by atoms with Crippen molar-refractivity contribution in [2.24, 2.45) is 0 Å². The van der Waals surface area contributed by atoms with E-state index in [0.717, 1.165) is 5.56 Å². The zero-order chi connectivity index (χ0) is 13.9. The molecule has 1 unspecified atom stereocenters. The van der Waals surface area contributed by atoms with Crippen LogP contribution in [-0.2, 0) is 10.0 Å². The van der Waals surface area contributed by atoms with Gasteiger partial charge in [0.05, 0.1) is 11.8 Å². The molecule has 0 saturated carbocycles. The summed E-state index contributed by atoms with van der Waals surface area (Å²) in [5.41, 5.74) is 1.40. The first-order chi connectivity index (χ1) is 8.31. The molecule has 0 fully saturated rings. The molecule has 7 heteroatoms. The SMILES string of the molecule is CCC(C#N)S(=O)(=O)Nc1c(Br)cc(C)cc1Br. The lowest BCUT2D eigenvalue weighted by Gasteiger charge is -2.14. The molecule has 98 valence electrons. The van der Waals surface area contributed by atoms with Gasteiger partial charge >= 0.3 is 0 Å². The summed E-state index contributed by atoms with van der Waals surface area (Å²) in [5.74, 6) is 0. The maximum Gasteiger partial charge on any atom is 0.249 e. The molecular formula is C11H12Br2N2O2S. The minimum absolute atomic E-state index is 0.243. The van der Waals surface area contributed by atoms with E-state index >= 15 is 0 Å². The Kier molecular flexibility index (Phi) is 5.20. The second kappa shape index (κ2) is 6.04. The summed E-state index contributed by atoms with van der Waals surface area (Å²) in [6.45, 7) is 3.56. The average molecular weight is 396 g/mol. The minimum atomic E-state index is -3.70. The zero-order valence-corrected chi connectivity index (χ0v) is 13.9. The fourth-order valence-electron chi connectivity index (χ4n) is 1.39. The van der Waals surface area contributed by atoms with E-state index in [-0.39, 0.29) is 6.42 Å². The van der Waals surface area contributed by atoms with Gasteiger partial charge in [-0.05, 0) is 62.9 Å². The van der Waals surface area contributed by atoms with Gasteiger partial charge in [0.15, 0.2) is 5.25 Å². The highest BCUT2D eigenvalue weighted by Gasteiger charge is 2.25. The first-order valence-electron chi connectivity index (χ1n) is 5.18. The Labute approximate surface area is 124 Å². The van der Waals surface area contributed by atoms with Gasteiger partial charge in [-0.1, -0.05) is 6.92 Å². The van der Waals surface area contributed by atoms with Gasteiger partial charge in [-0.3, -0.25) is 4.72 Å². The molecule has 0 amide bonds. The molecule has 0 bridgehead atoms. The van der Waals surface area contributed by atoms with Crippen LogP contribution in [0.3, 0.4) is 0 Å². The number of halogens is 2. The molecule has 0 aliphatic carbocycles. The Morgan fingerprint density at radius 1 is 1.39 bits per heavy atom. The van der Waals surface area contributed by atoms with E-state index in [1.165, 1.54) is 0 Å². The summed E-state index contributed by atoms with van der Waals surface area (Å²) >= 11 is 6.61. The van der Waals surface area contributed by atoms with Crippen LogP contribution < -0.4 is 4.72 Å². The lowest BCUT2D eigenvalue weighted by molar-refractivity contribution is 0.593. The molecular weight excluding hydrogens is 384 g/mol. The van der Waals surface area contributed by atoms with E-state index in [2.05, 4.69) is 36.6 Å². The lowest BCUT2D eigenvalue weighted by atomic mass is 10.2. The molecule has 1 N–H and O–H groups in total. The maximum absolute atomic E-state index is 12.0. The Balaban J connectivity index is 3.17. The zero-order valence-electron chi connectivity index (χ0n) is 9.87. The summed E-state index contributed by atoms with van der Waals surface area (Å²) in [6.07, 6.45) is 0.243. The number of aryl methyl sites for hydroxylation is 1. The van der Waals surface area contributed by atoms with Crippen LogP contribution >= 0.6 is 31.9 Å². The van der Waals surface area contributed by atoms with Crippen molar-refractivity contribution >= 4 is 47.6 Å². The second-order valence-corrected chi connectivity index (χ2v) is 7.35. The number of hydrogen-bond acceptors (Lipinski definition) is 3. The van der Waals surface area contributed by atoms with Crippen LogP contribution in [0.2, 0.25) is 0 Å². The third-order valence-corrected chi connectivity index (χ3v) is 5.25. The third kappa shape index (κ3) is 3.46. The summed E-state index contributed by atoms with van der Waals surface area (Å²) in [6, 6.07) is 5.38. The molecule has 0 spiro atoms. The van der Waals surface area contributed by atoms with Crippen LogP contribution in [0.15, 0.2) is 21.1 Å². The van der Waals surface area contributed by atoms with Gasteiger partial charge in [0.25, 0.3) is 0 Å². The predicted molar refractivity (Wildman–Crippen MR) is 78.8 cm³/mol. The summed E-state index contributed by atoms with van der Waals surface area (Å²) in [7, 11) is -3.70. The van der Waals surface area contributed by atoms with Crippen LogP contribution in [0.1, 0.15) is 18.9 Å². The van der Waals surface area contributed by atoms with Crippen LogP contribution in [0.25, 0.3) is 0 Å². The molecule has 1 aromatic carbocycles. The highest BCUT2D eigenvalue weighted by atomic mass is 79.9. The van der Waals surface area contributed by atoms with Crippen molar-refractivity contribution in [2.75, 3.05) is 4.72 Å². The average Bonchev–Trinajstić information content (AvgIpc) is 2.24. The number of anilines is 1. The Morgan fingerprint density at radius 2 is 1.89 bits per heavy atom. The molecule has 0 aliphatic heterocycles. The van der Waals surface area contributed by atoms with Crippen molar-refractivity contribution < 1.29 is 8.42 Å². The van der Waals surface area contributed by atoms with Crippen LogP contribution in [0.4, 0.5) is 5.69 Å². The molecule has 1 rings (SSSR count). The maximum atomic E-state index is 12.0. The Bertz CT molecular complexity index is 571. The number of rotatable bonds is 4. The normalized spacial score (nSPS) is 12.8. The summed E-state index contributed by atoms with van der Waals surface area (Å²) in [4.78, 5) is 0. The molecule has 4 nitrogen and oxygen atoms in total. The van der Waals surface area contributed by atoms with E-state index in [1.54, 1.807) is 25.1 Å². The third-order valence-electron chi connectivity index (χ3n) is 2.32. The van der Waals surface area contributed by atoms with Gasteiger partial charge in [-0.15, -0.1) is 0 Å². The number of nitrogens with zero attached hydrogens (tertiary/aromatic N) is 1. The van der Waals surface area contributed by atoms with Crippen molar-refractivity contribution in [1.29, 1.82) is 5.26 Å². The first kappa shape index (κ1) is 15.5. The van der Waals surface area contributed by atoms with E-state index in [1.807, 2.05) is 6.92 Å². The molecule has 0 saturated heterocycles. The Morgan fingerprint density at radius 3 is 2.28 bits per heavy atom. The van der Waals surface area contributed by atoms with Gasteiger partial charge in [0, 0.05) is 8.95 Å². The van der Waals surface area contributed by atoms with Crippen molar-refractivity contribution in [1.82, 2.24) is 0 Å². The fraction of sp³-hybridized carbons (Fsp3) is 0.364. The number of nitrogens with one attached hydrogen (secondary N) is 1. The molecule has 0 radical (unpaired) electrons. The van der Waals surface area contributed by atoms with E-state index in [9.17, 15) is 8.42 Å². The van der Waals surface area contributed by atoms with Crippen molar-refractivity contribution in [2.45, 2.75) is 25.5 Å². The number of sulfonamides is 1. The molecule has 0 aromatic heterocycles. The van der Waals surface area contributed by atoms with E-state index < -0.39 is 15.3 Å². The van der Waals surface area contributed by atoms with Crippen molar-refractivity contribution in [3.63, 3.8) is 0 Å². The van der Waals surface area contributed by atoms with Crippen molar-refractivity contribution in [3.8, 4) is 6.07 Å². The molecule has 18 heavy (non-hydrogen) atoms. The molecule has 1 atom stereocenters. The molecule has 1 aromatic rings. The minimum Gasteiger partial charge on any atom is -0.280 e. The smallest absolute Gasteiger partial charge is 0.249 e. The van der Waals surface area contributed by atoms with E-state index in [4.69, 9.17) is 5.26 Å². The highest BCUT2D eigenvalue weighted by molar-refractivity contribution is 9.11. The van der Waals surface area contributed by atoms with Crippen LogP contribution in [0.5, 0.6) is 0 Å². The molecule has 0 heterocycles. The van der Waals surface area contributed by atoms with E-state index in [0.29, 0.717) is 14.6 Å². The number of benzene rings is 1. The van der Waals surface area contributed by atoms with Crippen LogP contribution in [0, 0.1) is 18.3 Å².